The van der Waals surface area contributed by atoms with Gasteiger partial charge in [-0.3, -0.25) is 14.4 Å². The Bertz CT molecular complexity index is 826. The summed E-state index contributed by atoms with van der Waals surface area (Å²) in [5, 5.41) is 11.5. The van der Waals surface area contributed by atoms with Crippen LogP contribution in [0.2, 0.25) is 0 Å². The molecule has 2 aliphatic heterocycles. The van der Waals surface area contributed by atoms with E-state index in [0.717, 1.165) is 18.4 Å². The van der Waals surface area contributed by atoms with E-state index in [-0.39, 0.29) is 55.8 Å². The molecular weight excluding hydrogens is 415 g/mol. The number of hydrogen-bond acceptors (Lipinski definition) is 5. The number of ether oxygens (including phenoxy) is 1. The van der Waals surface area contributed by atoms with Crippen LogP contribution in [0.15, 0.2) is 36.4 Å². The Hall–Kier alpha value is -2.74. The van der Waals surface area contributed by atoms with E-state index in [1.807, 2.05) is 12.2 Å². The molecule has 3 rings (SSSR count). The summed E-state index contributed by atoms with van der Waals surface area (Å²) in [6.07, 6.45) is 6.58. The maximum atomic E-state index is 13.2. The number of nitrogens with one attached hydrogen (secondary N) is 1. The molecule has 1 aromatic rings. The Morgan fingerprint density at radius 2 is 1.88 bits per heavy atom. The Labute approximate surface area is 187 Å². The molecule has 2 N–H and O–H groups in total. The standard InChI is InChI=1S/C24H31FN2O5/c25-20-9-7-17(8-10-20)14-19-5-2-1-4-18(15-22(29)26-11-13-28)23(30)27-12-3-6-21(27)16-32-24(19)31/h1-2,7-10,18-19,21,28H,3-6,11-16H2,(H,26,29)/b2-1+/t18-,19-,21+/m0/s1. The molecule has 8 heteroatoms. The topological polar surface area (TPSA) is 95.9 Å². The number of esters is 1. The van der Waals surface area contributed by atoms with Gasteiger partial charge in [0, 0.05) is 19.5 Å². The Morgan fingerprint density at radius 1 is 1.16 bits per heavy atom. The number of fused-ring (bicyclic) bond motifs is 1. The number of halogens is 1. The highest BCUT2D eigenvalue weighted by molar-refractivity contribution is 5.86. The minimum absolute atomic E-state index is 0.0468. The predicted molar refractivity (Wildman–Crippen MR) is 116 cm³/mol. The van der Waals surface area contributed by atoms with Gasteiger partial charge < -0.3 is 20.1 Å². The van der Waals surface area contributed by atoms with E-state index in [9.17, 15) is 18.8 Å². The van der Waals surface area contributed by atoms with Crippen molar-refractivity contribution < 1.29 is 28.6 Å². The summed E-state index contributed by atoms with van der Waals surface area (Å²) >= 11 is 0. The Balaban J connectivity index is 1.74. The van der Waals surface area contributed by atoms with Crippen molar-refractivity contribution in [2.24, 2.45) is 11.8 Å². The molecule has 174 valence electrons. The van der Waals surface area contributed by atoms with Crippen molar-refractivity contribution >= 4 is 17.8 Å². The van der Waals surface area contributed by atoms with E-state index in [1.165, 1.54) is 12.1 Å². The zero-order valence-electron chi connectivity index (χ0n) is 18.2. The van der Waals surface area contributed by atoms with Gasteiger partial charge in [0.2, 0.25) is 11.8 Å². The lowest BCUT2D eigenvalue weighted by molar-refractivity contribution is -0.152. The van der Waals surface area contributed by atoms with Crippen LogP contribution in [-0.4, -0.2) is 60.1 Å². The van der Waals surface area contributed by atoms with Gasteiger partial charge in [0.25, 0.3) is 0 Å². The SMILES string of the molecule is O=C(C[C@@H]1C/C=C/C[C@@H](Cc2ccc(F)cc2)C(=O)OC[C@H]2CCCN2C1=O)NCCO. The maximum absolute atomic E-state index is 13.2. The highest BCUT2D eigenvalue weighted by atomic mass is 19.1. The second kappa shape index (κ2) is 11.8. The van der Waals surface area contributed by atoms with Crippen LogP contribution >= 0.6 is 0 Å². The van der Waals surface area contributed by atoms with Crippen molar-refractivity contribution in [2.45, 2.75) is 44.6 Å². The van der Waals surface area contributed by atoms with E-state index in [0.29, 0.717) is 25.8 Å². The van der Waals surface area contributed by atoms with Crippen molar-refractivity contribution in [3.05, 3.63) is 47.8 Å². The summed E-state index contributed by atoms with van der Waals surface area (Å²) in [6.45, 7) is 0.721. The second-order valence-electron chi connectivity index (χ2n) is 8.40. The average Bonchev–Trinajstić information content (AvgIpc) is 3.26. The molecule has 2 amide bonds. The van der Waals surface area contributed by atoms with E-state index >= 15 is 0 Å². The van der Waals surface area contributed by atoms with Crippen LogP contribution < -0.4 is 5.32 Å². The van der Waals surface area contributed by atoms with E-state index in [2.05, 4.69) is 5.32 Å². The van der Waals surface area contributed by atoms with Gasteiger partial charge in [-0.2, -0.15) is 0 Å². The molecule has 2 heterocycles. The van der Waals surface area contributed by atoms with E-state index in [4.69, 9.17) is 9.84 Å². The molecule has 1 aromatic carbocycles. The first-order valence-corrected chi connectivity index (χ1v) is 11.2. The molecular formula is C24H31FN2O5. The number of benzene rings is 1. The normalized spacial score (nSPS) is 25.3. The van der Waals surface area contributed by atoms with Crippen LogP contribution in [0.4, 0.5) is 4.39 Å². The first kappa shape index (κ1) is 23.9. The average molecular weight is 447 g/mol. The molecule has 0 aromatic heterocycles. The van der Waals surface area contributed by atoms with Gasteiger partial charge in [0.1, 0.15) is 12.4 Å². The molecule has 0 bridgehead atoms. The highest BCUT2D eigenvalue weighted by Gasteiger charge is 2.35. The van der Waals surface area contributed by atoms with Gasteiger partial charge in [-0.1, -0.05) is 24.3 Å². The number of allylic oxidation sites excluding steroid dienone is 2. The first-order chi connectivity index (χ1) is 15.5. The van der Waals surface area contributed by atoms with Gasteiger partial charge in [0.15, 0.2) is 0 Å². The van der Waals surface area contributed by atoms with Crippen LogP contribution in [0.5, 0.6) is 0 Å². The van der Waals surface area contributed by atoms with Crippen molar-refractivity contribution in [1.82, 2.24) is 10.2 Å². The molecule has 1 saturated heterocycles. The van der Waals surface area contributed by atoms with Gasteiger partial charge in [-0.25, -0.2) is 4.39 Å². The number of hydrogen-bond donors (Lipinski definition) is 2. The third-order valence-electron chi connectivity index (χ3n) is 6.03. The lowest BCUT2D eigenvalue weighted by Gasteiger charge is -2.29. The van der Waals surface area contributed by atoms with Crippen LogP contribution in [0.25, 0.3) is 0 Å². The summed E-state index contributed by atoms with van der Waals surface area (Å²) < 4.78 is 18.8. The summed E-state index contributed by atoms with van der Waals surface area (Å²) in [6, 6.07) is 5.90. The lowest BCUT2D eigenvalue weighted by Crippen LogP contribution is -2.43. The summed E-state index contributed by atoms with van der Waals surface area (Å²) in [5.41, 5.74) is 0.852. The number of amides is 2. The third-order valence-corrected chi connectivity index (χ3v) is 6.03. The number of aliphatic hydroxyl groups excluding tert-OH is 1. The summed E-state index contributed by atoms with van der Waals surface area (Å²) in [7, 11) is 0. The van der Waals surface area contributed by atoms with Crippen molar-refractivity contribution in [3.8, 4) is 0 Å². The zero-order chi connectivity index (χ0) is 22.9. The molecule has 2 aliphatic rings. The molecule has 1 fully saturated rings. The monoisotopic (exact) mass is 446 g/mol. The van der Waals surface area contributed by atoms with Crippen LogP contribution in [0, 0.1) is 17.7 Å². The smallest absolute Gasteiger partial charge is 0.309 e. The van der Waals surface area contributed by atoms with Crippen molar-refractivity contribution in [1.29, 1.82) is 0 Å². The number of carbonyl (C=O) groups excluding carboxylic acids is 3. The van der Waals surface area contributed by atoms with Gasteiger partial charge >= 0.3 is 5.97 Å². The Morgan fingerprint density at radius 3 is 2.59 bits per heavy atom. The fourth-order valence-corrected chi connectivity index (χ4v) is 4.28. The fourth-order valence-electron chi connectivity index (χ4n) is 4.28. The maximum Gasteiger partial charge on any atom is 0.309 e. The van der Waals surface area contributed by atoms with Gasteiger partial charge in [0.05, 0.1) is 24.5 Å². The molecule has 0 spiro atoms. The van der Waals surface area contributed by atoms with Gasteiger partial charge in [-0.15, -0.1) is 0 Å². The van der Waals surface area contributed by atoms with Gasteiger partial charge in [-0.05, 0) is 49.8 Å². The number of carbonyl (C=O) groups is 3. The lowest BCUT2D eigenvalue weighted by atomic mass is 9.94. The number of nitrogens with zero attached hydrogens (tertiary/aromatic N) is 1. The second-order valence-corrected chi connectivity index (χ2v) is 8.40. The molecule has 32 heavy (non-hydrogen) atoms. The molecule has 0 unspecified atom stereocenters. The highest BCUT2D eigenvalue weighted by Crippen LogP contribution is 2.25. The van der Waals surface area contributed by atoms with Crippen LogP contribution in [0.1, 0.15) is 37.7 Å². The number of rotatable bonds is 6. The number of aliphatic hydroxyl groups is 1. The quantitative estimate of drug-likeness (QED) is 0.515. The molecule has 0 radical (unpaired) electrons. The van der Waals surface area contributed by atoms with E-state index in [1.54, 1.807) is 17.0 Å². The molecule has 7 nitrogen and oxygen atoms in total. The minimum Gasteiger partial charge on any atom is -0.463 e. The third kappa shape index (κ3) is 6.63. The van der Waals surface area contributed by atoms with Crippen molar-refractivity contribution in [2.75, 3.05) is 26.3 Å². The molecule has 3 atom stereocenters. The molecule has 0 aliphatic carbocycles. The Kier molecular flexibility index (Phi) is 8.79. The first-order valence-electron chi connectivity index (χ1n) is 11.2. The predicted octanol–water partition coefficient (Wildman–Crippen LogP) is 1.98. The minimum atomic E-state index is -0.504. The van der Waals surface area contributed by atoms with Crippen LogP contribution in [0.3, 0.4) is 0 Å². The van der Waals surface area contributed by atoms with E-state index < -0.39 is 11.8 Å². The van der Waals surface area contributed by atoms with Crippen molar-refractivity contribution in [3.63, 3.8) is 0 Å². The number of cyclic esters (lactones) is 1. The summed E-state index contributed by atoms with van der Waals surface area (Å²) in [4.78, 5) is 39.9. The summed E-state index contributed by atoms with van der Waals surface area (Å²) in [5.74, 6) is -1.93. The zero-order valence-corrected chi connectivity index (χ0v) is 18.2. The molecule has 0 saturated carbocycles. The fraction of sp³-hybridized carbons (Fsp3) is 0.542. The largest absolute Gasteiger partial charge is 0.463 e. The van der Waals surface area contributed by atoms with Crippen LogP contribution in [-0.2, 0) is 25.5 Å².